The highest BCUT2D eigenvalue weighted by molar-refractivity contribution is 8.02. The topological polar surface area (TPSA) is 28.7 Å². The molecule has 3 aromatic carbocycles. The van der Waals surface area contributed by atoms with E-state index in [0.29, 0.717) is 0 Å². The average molecular weight is 383 g/mol. The number of nitrogens with one attached hydrogen (secondary N) is 1. The van der Waals surface area contributed by atoms with Crippen LogP contribution in [0, 0.1) is 0 Å². The van der Waals surface area contributed by atoms with Crippen molar-refractivity contribution in [1.82, 2.24) is 9.97 Å². The zero-order valence-electron chi connectivity index (χ0n) is 13.4. The predicted octanol–water partition coefficient (Wildman–Crippen LogP) is 6.48. The molecule has 4 rings (SSSR count). The third kappa shape index (κ3) is 3.46. The lowest BCUT2D eigenvalue weighted by Crippen LogP contribution is -1.82. The molecule has 5 heteroatoms. The van der Waals surface area contributed by atoms with Gasteiger partial charge in [0.05, 0.1) is 16.1 Å². The summed E-state index contributed by atoms with van der Waals surface area (Å²) in [6, 6.07) is 22.9. The van der Waals surface area contributed by atoms with Crippen LogP contribution in [0.3, 0.4) is 0 Å². The molecule has 1 aromatic heterocycles. The minimum Gasteiger partial charge on any atom is -0.333 e. The smallest absolute Gasteiger partial charge is 0.166 e. The molecule has 0 aliphatic carbocycles. The van der Waals surface area contributed by atoms with Gasteiger partial charge in [0.25, 0.3) is 0 Å². The van der Waals surface area contributed by atoms with E-state index in [1.54, 1.807) is 11.8 Å². The van der Waals surface area contributed by atoms with Gasteiger partial charge in [-0.25, -0.2) is 4.98 Å². The first-order valence-electron chi connectivity index (χ1n) is 7.92. The minimum absolute atomic E-state index is 0.728. The number of hydrogen-bond acceptors (Lipinski definition) is 2. The summed E-state index contributed by atoms with van der Waals surface area (Å²) < 4.78 is 0. The SMILES string of the molecule is PCSc1nc2cc(-c3ccc(-c4ccccc4)cc3)c(Cl)cc2[nH]1. The Morgan fingerprint density at radius 3 is 2.32 bits per heavy atom. The van der Waals surface area contributed by atoms with Gasteiger partial charge in [-0.1, -0.05) is 78.0 Å². The zero-order chi connectivity index (χ0) is 17.2. The normalized spacial score (nSPS) is 11.1. The van der Waals surface area contributed by atoms with Gasteiger partial charge in [0, 0.05) is 11.1 Å². The van der Waals surface area contributed by atoms with E-state index in [1.165, 1.54) is 11.1 Å². The highest BCUT2D eigenvalue weighted by Gasteiger charge is 2.10. The standard InChI is InChI=1S/C20H16ClN2PS/c21-17-11-19-18(22-20(23-19)25-12-24)10-16(17)15-8-6-14(7-9-15)13-4-2-1-3-5-13/h1-11H,12,24H2,(H,22,23). The molecule has 4 aromatic rings. The molecule has 1 atom stereocenters. The first kappa shape index (κ1) is 16.7. The van der Waals surface area contributed by atoms with Crippen LogP contribution in [0.4, 0.5) is 0 Å². The van der Waals surface area contributed by atoms with E-state index in [1.807, 2.05) is 12.1 Å². The first-order chi connectivity index (χ1) is 12.2. The van der Waals surface area contributed by atoms with E-state index in [4.69, 9.17) is 11.6 Å². The van der Waals surface area contributed by atoms with Gasteiger partial charge >= 0.3 is 0 Å². The van der Waals surface area contributed by atoms with E-state index in [-0.39, 0.29) is 0 Å². The lowest BCUT2D eigenvalue weighted by atomic mass is 10.00. The molecule has 1 unspecified atom stereocenters. The van der Waals surface area contributed by atoms with Gasteiger partial charge < -0.3 is 4.98 Å². The molecule has 0 saturated heterocycles. The van der Waals surface area contributed by atoms with Crippen molar-refractivity contribution in [2.75, 3.05) is 5.49 Å². The summed E-state index contributed by atoms with van der Waals surface area (Å²) in [5.41, 5.74) is 7.31. The van der Waals surface area contributed by atoms with Crippen LogP contribution in [0.25, 0.3) is 33.3 Å². The van der Waals surface area contributed by atoms with Crippen molar-refractivity contribution in [1.29, 1.82) is 0 Å². The maximum Gasteiger partial charge on any atom is 0.166 e. The Morgan fingerprint density at radius 2 is 1.60 bits per heavy atom. The molecule has 0 amide bonds. The van der Waals surface area contributed by atoms with E-state index < -0.39 is 0 Å². The fourth-order valence-corrected chi connectivity index (χ4v) is 4.10. The maximum absolute atomic E-state index is 6.52. The summed E-state index contributed by atoms with van der Waals surface area (Å²) >= 11 is 8.18. The highest BCUT2D eigenvalue weighted by atomic mass is 35.5. The molecule has 124 valence electrons. The van der Waals surface area contributed by atoms with Crippen LogP contribution < -0.4 is 0 Å². The quantitative estimate of drug-likeness (QED) is 0.323. The maximum atomic E-state index is 6.52. The number of fused-ring (bicyclic) bond motifs is 1. The van der Waals surface area contributed by atoms with Gasteiger partial charge in [-0.15, -0.1) is 9.24 Å². The number of thioether (sulfide) groups is 1. The monoisotopic (exact) mass is 382 g/mol. The third-order valence-corrected chi connectivity index (χ3v) is 5.52. The summed E-state index contributed by atoms with van der Waals surface area (Å²) in [7, 11) is 2.69. The van der Waals surface area contributed by atoms with E-state index in [9.17, 15) is 0 Å². The molecular formula is C20H16ClN2PS. The Hall–Kier alpha value is -1.80. The molecule has 0 aliphatic rings. The van der Waals surface area contributed by atoms with Crippen LogP contribution in [-0.2, 0) is 0 Å². The molecule has 0 saturated carbocycles. The van der Waals surface area contributed by atoms with Gasteiger partial charge in [-0.2, -0.15) is 0 Å². The second kappa shape index (κ2) is 7.21. The molecule has 25 heavy (non-hydrogen) atoms. The van der Waals surface area contributed by atoms with E-state index >= 15 is 0 Å². The average Bonchev–Trinajstić information content (AvgIpc) is 3.03. The third-order valence-electron chi connectivity index (χ3n) is 4.07. The number of nitrogens with zero attached hydrogens (tertiary/aromatic N) is 1. The van der Waals surface area contributed by atoms with Crippen molar-refractivity contribution in [3.8, 4) is 22.3 Å². The minimum atomic E-state index is 0.728. The van der Waals surface area contributed by atoms with Gasteiger partial charge in [-0.3, -0.25) is 0 Å². The molecular weight excluding hydrogens is 367 g/mol. The van der Waals surface area contributed by atoms with Crippen LogP contribution in [0.1, 0.15) is 0 Å². The van der Waals surface area contributed by atoms with Gasteiger partial charge in [0.2, 0.25) is 0 Å². The number of aromatic nitrogens is 2. The predicted molar refractivity (Wildman–Crippen MR) is 112 cm³/mol. The number of benzene rings is 3. The molecule has 0 radical (unpaired) electrons. The van der Waals surface area contributed by atoms with Crippen molar-refractivity contribution in [2.24, 2.45) is 0 Å². The largest absolute Gasteiger partial charge is 0.333 e. The van der Waals surface area contributed by atoms with Crippen molar-refractivity contribution in [2.45, 2.75) is 5.16 Å². The Bertz CT molecular complexity index is 1010. The molecule has 0 spiro atoms. The first-order valence-corrected chi connectivity index (χ1v) is 10.1. The Balaban J connectivity index is 1.72. The van der Waals surface area contributed by atoms with Crippen molar-refractivity contribution in [3.05, 3.63) is 71.8 Å². The summed E-state index contributed by atoms with van der Waals surface area (Å²) in [5, 5.41) is 1.64. The zero-order valence-corrected chi connectivity index (χ0v) is 16.1. The number of H-pyrrole nitrogens is 1. The summed E-state index contributed by atoms with van der Waals surface area (Å²) in [6.45, 7) is 0. The van der Waals surface area contributed by atoms with Crippen LogP contribution in [0.5, 0.6) is 0 Å². The molecule has 0 bridgehead atoms. The lowest BCUT2D eigenvalue weighted by molar-refractivity contribution is 1.08. The molecule has 1 N–H and O–H groups in total. The Labute approximate surface area is 158 Å². The molecule has 0 fully saturated rings. The summed E-state index contributed by atoms with van der Waals surface area (Å²) in [4.78, 5) is 7.93. The second-order valence-corrected chi connectivity index (χ2v) is 8.06. The van der Waals surface area contributed by atoms with Gasteiger partial charge in [-0.05, 0) is 28.8 Å². The lowest BCUT2D eigenvalue weighted by Gasteiger charge is -2.07. The molecule has 1 heterocycles. The number of imidazole rings is 1. The van der Waals surface area contributed by atoms with Crippen LogP contribution in [-0.4, -0.2) is 15.5 Å². The fourth-order valence-electron chi connectivity index (χ4n) is 2.85. The van der Waals surface area contributed by atoms with Gasteiger partial charge in [0.15, 0.2) is 5.16 Å². The number of rotatable bonds is 4. The summed E-state index contributed by atoms with van der Waals surface area (Å²) in [6.07, 6.45) is 0. The van der Waals surface area contributed by atoms with E-state index in [0.717, 1.165) is 37.8 Å². The van der Waals surface area contributed by atoms with Crippen LogP contribution in [0.15, 0.2) is 71.9 Å². The van der Waals surface area contributed by atoms with Crippen LogP contribution in [0.2, 0.25) is 5.02 Å². The number of hydrogen-bond donors (Lipinski definition) is 1. The summed E-state index contributed by atoms with van der Waals surface area (Å²) in [5.74, 6) is 0. The van der Waals surface area contributed by atoms with Crippen molar-refractivity contribution in [3.63, 3.8) is 0 Å². The fraction of sp³-hybridized carbons (Fsp3) is 0.0500. The number of halogens is 1. The molecule has 0 aliphatic heterocycles. The highest BCUT2D eigenvalue weighted by Crippen LogP contribution is 2.33. The Kier molecular flexibility index (Phi) is 4.80. The van der Waals surface area contributed by atoms with Gasteiger partial charge in [0.1, 0.15) is 0 Å². The van der Waals surface area contributed by atoms with E-state index in [2.05, 4.69) is 73.8 Å². The Morgan fingerprint density at radius 1 is 0.920 bits per heavy atom. The number of aromatic amines is 1. The molecule has 2 nitrogen and oxygen atoms in total. The van der Waals surface area contributed by atoms with Crippen molar-refractivity contribution < 1.29 is 0 Å². The second-order valence-electron chi connectivity index (χ2n) is 5.65. The van der Waals surface area contributed by atoms with Crippen molar-refractivity contribution >= 4 is 43.6 Å². The van der Waals surface area contributed by atoms with Crippen LogP contribution >= 0.6 is 32.6 Å².